The highest BCUT2D eigenvalue weighted by molar-refractivity contribution is 5.89. The van der Waals surface area contributed by atoms with Crippen LogP contribution in [0.5, 0.6) is 0 Å². The van der Waals surface area contributed by atoms with Crippen molar-refractivity contribution in [1.82, 2.24) is 4.90 Å². The normalized spacial score (nSPS) is 18.7. The SMILES string of the molecule is COC(=O)CC(c1ccc(F)cc1)N1C(=O)CCC1C(=O)OC. The third kappa shape index (κ3) is 3.67. The molecule has 0 spiro atoms. The number of benzene rings is 1. The summed E-state index contributed by atoms with van der Waals surface area (Å²) in [5, 5.41) is 0. The Labute approximate surface area is 133 Å². The molecule has 124 valence electrons. The molecule has 1 saturated heterocycles. The highest BCUT2D eigenvalue weighted by atomic mass is 19.1. The van der Waals surface area contributed by atoms with E-state index in [0.717, 1.165) is 0 Å². The molecular formula is C16H18FNO5. The number of carbonyl (C=O) groups excluding carboxylic acids is 3. The Balaban J connectivity index is 2.38. The molecule has 1 heterocycles. The highest BCUT2D eigenvalue weighted by Gasteiger charge is 2.42. The molecule has 0 radical (unpaired) electrons. The molecule has 0 bridgehead atoms. The van der Waals surface area contributed by atoms with Gasteiger partial charge in [-0.3, -0.25) is 9.59 Å². The second kappa shape index (κ2) is 7.21. The standard InChI is InChI=1S/C16H18FNO5/c1-22-15(20)9-13(10-3-5-11(17)6-4-10)18-12(16(21)23-2)7-8-14(18)19/h3-6,12-13H,7-9H2,1-2H3. The fourth-order valence-corrected chi connectivity index (χ4v) is 2.76. The molecule has 7 heteroatoms. The fourth-order valence-electron chi connectivity index (χ4n) is 2.76. The molecule has 1 aliphatic heterocycles. The van der Waals surface area contributed by atoms with Crippen LogP contribution in [0.3, 0.4) is 0 Å². The molecule has 0 aliphatic carbocycles. The van der Waals surface area contributed by atoms with Crippen molar-refractivity contribution in [2.75, 3.05) is 14.2 Å². The average molecular weight is 323 g/mol. The van der Waals surface area contributed by atoms with Crippen LogP contribution in [0.2, 0.25) is 0 Å². The lowest BCUT2D eigenvalue weighted by atomic mass is 10.0. The molecule has 23 heavy (non-hydrogen) atoms. The van der Waals surface area contributed by atoms with Gasteiger partial charge < -0.3 is 14.4 Å². The van der Waals surface area contributed by atoms with Crippen molar-refractivity contribution in [1.29, 1.82) is 0 Å². The maximum atomic E-state index is 13.1. The van der Waals surface area contributed by atoms with Gasteiger partial charge >= 0.3 is 11.9 Å². The summed E-state index contributed by atoms with van der Waals surface area (Å²) in [6.45, 7) is 0. The van der Waals surface area contributed by atoms with Gasteiger partial charge in [-0.05, 0) is 24.1 Å². The molecule has 1 amide bonds. The van der Waals surface area contributed by atoms with E-state index in [1.165, 1.54) is 43.4 Å². The van der Waals surface area contributed by atoms with E-state index in [1.807, 2.05) is 0 Å². The predicted molar refractivity (Wildman–Crippen MR) is 77.7 cm³/mol. The summed E-state index contributed by atoms with van der Waals surface area (Å²) in [6, 6.07) is 4.00. The Morgan fingerprint density at radius 3 is 2.48 bits per heavy atom. The van der Waals surface area contributed by atoms with Crippen molar-refractivity contribution in [2.24, 2.45) is 0 Å². The fraction of sp³-hybridized carbons (Fsp3) is 0.438. The summed E-state index contributed by atoms with van der Waals surface area (Å²) in [4.78, 5) is 37.2. The zero-order valence-electron chi connectivity index (χ0n) is 13.0. The number of methoxy groups -OCH3 is 2. The van der Waals surface area contributed by atoms with E-state index in [9.17, 15) is 18.8 Å². The van der Waals surface area contributed by atoms with E-state index in [-0.39, 0.29) is 18.7 Å². The van der Waals surface area contributed by atoms with Crippen LogP contribution in [0, 0.1) is 5.82 Å². The summed E-state index contributed by atoms with van der Waals surface area (Å²) < 4.78 is 22.6. The van der Waals surface area contributed by atoms with Gasteiger partial charge in [-0.25, -0.2) is 9.18 Å². The number of rotatable bonds is 5. The number of esters is 2. The summed E-state index contributed by atoms with van der Waals surface area (Å²) >= 11 is 0. The van der Waals surface area contributed by atoms with Gasteiger partial charge in [0.15, 0.2) is 0 Å². The lowest BCUT2D eigenvalue weighted by Gasteiger charge is -2.31. The molecule has 2 atom stereocenters. The van der Waals surface area contributed by atoms with Crippen LogP contribution in [0.4, 0.5) is 4.39 Å². The number of hydrogen-bond donors (Lipinski definition) is 0. The predicted octanol–water partition coefficient (Wildman–Crippen LogP) is 1.59. The summed E-state index contributed by atoms with van der Waals surface area (Å²) in [6.07, 6.45) is 0.393. The molecule has 2 rings (SSSR count). The Morgan fingerprint density at radius 2 is 1.91 bits per heavy atom. The number of likely N-dealkylation sites (tertiary alicyclic amines) is 1. The van der Waals surface area contributed by atoms with Crippen LogP contribution < -0.4 is 0 Å². The minimum absolute atomic E-state index is 0.124. The number of nitrogens with zero attached hydrogens (tertiary/aromatic N) is 1. The van der Waals surface area contributed by atoms with E-state index in [0.29, 0.717) is 12.0 Å². The highest BCUT2D eigenvalue weighted by Crippen LogP contribution is 2.33. The van der Waals surface area contributed by atoms with Crippen LogP contribution in [0.1, 0.15) is 30.9 Å². The van der Waals surface area contributed by atoms with Crippen LogP contribution in [-0.4, -0.2) is 43.0 Å². The summed E-state index contributed by atoms with van der Waals surface area (Å²) in [5.41, 5.74) is 0.556. The second-order valence-electron chi connectivity index (χ2n) is 5.23. The monoisotopic (exact) mass is 323 g/mol. The maximum absolute atomic E-state index is 13.1. The third-order valence-corrected chi connectivity index (χ3v) is 3.91. The quantitative estimate of drug-likeness (QED) is 0.770. The van der Waals surface area contributed by atoms with Crippen molar-refractivity contribution < 1.29 is 28.2 Å². The van der Waals surface area contributed by atoms with E-state index in [4.69, 9.17) is 4.74 Å². The Hall–Kier alpha value is -2.44. The zero-order chi connectivity index (χ0) is 17.0. The van der Waals surface area contributed by atoms with Gasteiger partial charge in [0, 0.05) is 6.42 Å². The number of hydrogen-bond acceptors (Lipinski definition) is 5. The molecule has 1 aromatic rings. The average Bonchev–Trinajstić information content (AvgIpc) is 2.94. The minimum Gasteiger partial charge on any atom is -0.469 e. The van der Waals surface area contributed by atoms with Crippen LogP contribution in [-0.2, 0) is 23.9 Å². The smallest absolute Gasteiger partial charge is 0.328 e. The number of ether oxygens (including phenoxy) is 2. The first-order valence-corrected chi connectivity index (χ1v) is 7.19. The van der Waals surface area contributed by atoms with E-state index in [1.54, 1.807) is 0 Å². The van der Waals surface area contributed by atoms with Gasteiger partial charge in [-0.2, -0.15) is 0 Å². The molecule has 0 aromatic heterocycles. The van der Waals surface area contributed by atoms with Gasteiger partial charge in [0.2, 0.25) is 5.91 Å². The van der Waals surface area contributed by atoms with E-state index < -0.39 is 29.8 Å². The van der Waals surface area contributed by atoms with Crippen molar-refractivity contribution in [3.63, 3.8) is 0 Å². The van der Waals surface area contributed by atoms with Gasteiger partial charge in [-0.1, -0.05) is 12.1 Å². The maximum Gasteiger partial charge on any atom is 0.328 e. The van der Waals surface area contributed by atoms with Crippen molar-refractivity contribution >= 4 is 17.8 Å². The second-order valence-corrected chi connectivity index (χ2v) is 5.23. The van der Waals surface area contributed by atoms with Crippen molar-refractivity contribution in [2.45, 2.75) is 31.3 Å². The van der Waals surface area contributed by atoms with Crippen molar-refractivity contribution in [3.8, 4) is 0 Å². The molecule has 0 N–H and O–H groups in total. The molecular weight excluding hydrogens is 305 g/mol. The number of carbonyl (C=O) groups is 3. The lowest BCUT2D eigenvalue weighted by molar-refractivity contribution is -0.153. The molecule has 1 fully saturated rings. The largest absolute Gasteiger partial charge is 0.469 e. The van der Waals surface area contributed by atoms with Gasteiger partial charge in [0.05, 0.1) is 26.7 Å². The third-order valence-electron chi connectivity index (χ3n) is 3.91. The van der Waals surface area contributed by atoms with Crippen LogP contribution in [0.25, 0.3) is 0 Å². The summed E-state index contributed by atoms with van der Waals surface area (Å²) in [7, 11) is 2.49. The van der Waals surface area contributed by atoms with E-state index in [2.05, 4.69) is 4.74 Å². The molecule has 1 aromatic carbocycles. The van der Waals surface area contributed by atoms with Gasteiger partial charge in [0.25, 0.3) is 0 Å². The first-order chi connectivity index (χ1) is 11.0. The zero-order valence-corrected chi connectivity index (χ0v) is 13.0. The Morgan fingerprint density at radius 1 is 1.26 bits per heavy atom. The number of halogens is 1. The first kappa shape index (κ1) is 16.9. The molecule has 1 aliphatic rings. The van der Waals surface area contributed by atoms with Crippen LogP contribution >= 0.6 is 0 Å². The van der Waals surface area contributed by atoms with Crippen LogP contribution in [0.15, 0.2) is 24.3 Å². The summed E-state index contributed by atoms with van der Waals surface area (Å²) in [5.74, 6) is -1.74. The topological polar surface area (TPSA) is 72.9 Å². The molecule has 6 nitrogen and oxygen atoms in total. The minimum atomic E-state index is -0.757. The van der Waals surface area contributed by atoms with Crippen molar-refractivity contribution in [3.05, 3.63) is 35.6 Å². The van der Waals surface area contributed by atoms with Gasteiger partial charge in [0.1, 0.15) is 11.9 Å². The van der Waals surface area contributed by atoms with Gasteiger partial charge in [-0.15, -0.1) is 0 Å². The lowest BCUT2D eigenvalue weighted by Crippen LogP contribution is -2.42. The first-order valence-electron chi connectivity index (χ1n) is 7.19. The molecule has 0 saturated carbocycles. The van der Waals surface area contributed by atoms with E-state index >= 15 is 0 Å². The Bertz CT molecular complexity index is 601. The number of amides is 1. The Kier molecular flexibility index (Phi) is 5.31. The molecule has 2 unspecified atom stereocenters.